The van der Waals surface area contributed by atoms with Crippen LogP contribution in [0, 0.1) is 23.2 Å². The summed E-state index contributed by atoms with van der Waals surface area (Å²) in [5, 5.41) is 12.6. The molecule has 0 unspecified atom stereocenters. The van der Waals surface area contributed by atoms with Crippen molar-refractivity contribution in [3.63, 3.8) is 0 Å². The number of carbonyl (C=O) groups excluding carboxylic acids is 1. The number of aromatic nitrogens is 1. The van der Waals surface area contributed by atoms with Gasteiger partial charge in [-0.25, -0.2) is 0 Å². The van der Waals surface area contributed by atoms with E-state index in [9.17, 15) is 10.1 Å². The first-order valence-corrected chi connectivity index (χ1v) is 10.2. The van der Waals surface area contributed by atoms with Crippen LogP contribution >= 0.6 is 0 Å². The van der Waals surface area contributed by atoms with Crippen molar-refractivity contribution in [3.05, 3.63) is 24.1 Å². The first kappa shape index (κ1) is 18.6. The van der Waals surface area contributed by atoms with Crippen molar-refractivity contribution in [3.8, 4) is 17.7 Å². The standard InChI is InChI=1S/C21H26N4O3/c22-13-17-21(28-20(24-17)18-7-4-12-27-18)25-10-8-16(9-11-25)19(26)23-14-15-5-2-1-3-6-15/h4,7,12,15-16H,1-3,5-6,8-11,14H2,(H,23,26). The molecule has 0 aromatic carbocycles. The smallest absolute Gasteiger partial charge is 0.266 e. The summed E-state index contributed by atoms with van der Waals surface area (Å²) >= 11 is 0. The fraction of sp³-hybridized carbons (Fsp3) is 0.571. The maximum atomic E-state index is 12.5. The molecule has 1 aliphatic carbocycles. The largest absolute Gasteiger partial charge is 0.459 e. The van der Waals surface area contributed by atoms with Crippen LogP contribution in [-0.4, -0.2) is 30.5 Å². The number of nitriles is 1. The highest BCUT2D eigenvalue weighted by Crippen LogP contribution is 2.31. The SMILES string of the molecule is N#Cc1nc(-c2ccco2)oc1N1CCC(C(=O)NCC2CCCCC2)CC1. The lowest BCUT2D eigenvalue weighted by atomic mass is 9.89. The van der Waals surface area contributed by atoms with Gasteiger partial charge in [-0.05, 0) is 43.7 Å². The van der Waals surface area contributed by atoms with Crippen molar-refractivity contribution in [1.29, 1.82) is 5.26 Å². The Morgan fingerprint density at radius 1 is 1.25 bits per heavy atom. The highest BCUT2D eigenvalue weighted by atomic mass is 16.4. The molecule has 1 N–H and O–H groups in total. The summed E-state index contributed by atoms with van der Waals surface area (Å²) in [7, 11) is 0. The van der Waals surface area contributed by atoms with Crippen LogP contribution in [0.1, 0.15) is 50.6 Å². The Hall–Kier alpha value is -2.75. The number of nitrogens with one attached hydrogen (secondary N) is 1. The molecular formula is C21H26N4O3. The van der Waals surface area contributed by atoms with Gasteiger partial charge in [-0.3, -0.25) is 4.79 Å². The number of carbonyl (C=O) groups is 1. The first-order chi connectivity index (χ1) is 13.7. The second-order valence-corrected chi connectivity index (χ2v) is 7.77. The number of nitrogens with zero attached hydrogens (tertiary/aromatic N) is 3. The third kappa shape index (κ3) is 4.06. The van der Waals surface area contributed by atoms with Gasteiger partial charge >= 0.3 is 0 Å². The molecule has 2 aromatic heterocycles. The Balaban J connectivity index is 1.32. The molecule has 4 rings (SSSR count). The molecule has 2 aliphatic rings. The van der Waals surface area contributed by atoms with E-state index >= 15 is 0 Å². The Kier molecular flexibility index (Phi) is 5.65. The molecule has 0 radical (unpaired) electrons. The summed E-state index contributed by atoms with van der Waals surface area (Å²) < 4.78 is 11.1. The number of hydrogen-bond donors (Lipinski definition) is 1. The average Bonchev–Trinajstić information content (AvgIpc) is 3.42. The van der Waals surface area contributed by atoms with Gasteiger partial charge in [0.1, 0.15) is 6.07 Å². The number of piperidine rings is 1. The van der Waals surface area contributed by atoms with Crippen LogP contribution in [-0.2, 0) is 4.79 Å². The highest BCUT2D eigenvalue weighted by molar-refractivity contribution is 5.79. The summed E-state index contributed by atoms with van der Waals surface area (Å²) in [6, 6.07) is 5.60. The quantitative estimate of drug-likeness (QED) is 0.847. The molecule has 1 aliphatic heterocycles. The normalized spacial score (nSPS) is 18.8. The van der Waals surface area contributed by atoms with Gasteiger partial charge in [-0.15, -0.1) is 0 Å². The van der Waals surface area contributed by atoms with Crippen LogP contribution in [0.15, 0.2) is 27.2 Å². The molecule has 7 nitrogen and oxygen atoms in total. The zero-order valence-electron chi connectivity index (χ0n) is 16.0. The maximum absolute atomic E-state index is 12.5. The Morgan fingerprint density at radius 3 is 2.71 bits per heavy atom. The molecule has 0 spiro atoms. The van der Waals surface area contributed by atoms with Gasteiger partial charge in [0.15, 0.2) is 5.76 Å². The first-order valence-electron chi connectivity index (χ1n) is 10.2. The summed E-state index contributed by atoms with van der Waals surface area (Å²) in [6.45, 7) is 2.15. The second-order valence-electron chi connectivity index (χ2n) is 7.77. The molecule has 2 fully saturated rings. The minimum Gasteiger partial charge on any atom is -0.459 e. The van der Waals surface area contributed by atoms with Crippen molar-refractivity contribution in [1.82, 2.24) is 10.3 Å². The molecule has 2 aromatic rings. The predicted molar refractivity (Wildman–Crippen MR) is 103 cm³/mol. The molecule has 28 heavy (non-hydrogen) atoms. The summed E-state index contributed by atoms with van der Waals surface area (Å²) in [6.07, 6.45) is 9.42. The topological polar surface area (TPSA) is 95.3 Å². The number of rotatable bonds is 5. The Bertz CT molecular complexity index is 822. The van der Waals surface area contributed by atoms with E-state index < -0.39 is 0 Å². The lowest BCUT2D eigenvalue weighted by Crippen LogP contribution is -2.42. The fourth-order valence-corrected chi connectivity index (χ4v) is 4.23. The van der Waals surface area contributed by atoms with E-state index in [1.165, 1.54) is 32.1 Å². The van der Waals surface area contributed by atoms with Gasteiger partial charge < -0.3 is 19.1 Å². The van der Waals surface area contributed by atoms with Gasteiger partial charge in [0.2, 0.25) is 17.5 Å². The number of amides is 1. The highest BCUT2D eigenvalue weighted by Gasteiger charge is 2.29. The lowest BCUT2D eigenvalue weighted by Gasteiger charge is -2.31. The summed E-state index contributed by atoms with van der Waals surface area (Å²) in [4.78, 5) is 18.8. The molecule has 1 saturated heterocycles. The van der Waals surface area contributed by atoms with Crippen molar-refractivity contribution in [2.45, 2.75) is 44.9 Å². The second kappa shape index (κ2) is 8.51. The van der Waals surface area contributed by atoms with Gasteiger partial charge in [0, 0.05) is 25.6 Å². The number of anilines is 1. The maximum Gasteiger partial charge on any atom is 0.266 e. The predicted octanol–water partition coefficient (Wildman–Crippen LogP) is 3.72. The zero-order chi connectivity index (χ0) is 19.3. The minimum atomic E-state index is 0.0258. The van der Waals surface area contributed by atoms with Crippen LogP contribution in [0.5, 0.6) is 0 Å². The summed E-state index contributed by atoms with van der Waals surface area (Å²) in [5.74, 6) is 2.11. The molecular weight excluding hydrogens is 356 g/mol. The van der Waals surface area contributed by atoms with Crippen LogP contribution in [0.25, 0.3) is 11.7 Å². The van der Waals surface area contributed by atoms with Crippen molar-refractivity contribution in [2.75, 3.05) is 24.5 Å². The minimum absolute atomic E-state index is 0.0258. The molecule has 0 atom stereocenters. The van der Waals surface area contributed by atoms with Crippen LogP contribution in [0.3, 0.4) is 0 Å². The van der Waals surface area contributed by atoms with E-state index in [0.29, 0.717) is 36.5 Å². The van der Waals surface area contributed by atoms with E-state index in [0.717, 1.165) is 19.4 Å². The number of furan rings is 1. The molecule has 148 valence electrons. The summed E-state index contributed by atoms with van der Waals surface area (Å²) in [5.41, 5.74) is 0.256. The zero-order valence-corrected chi connectivity index (χ0v) is 16.0. The molecule has 3 heterocycles. The van der Waals surface area contributed by atoms with E-state index in [1.54, 1.807) is 18.4 Å². The average molecular weight is 382 g/mol. The van der Waals surface area contributed by atoms with Gasteiger partial charge in [-0.1, -0.05) is 19.3 Å². The van der Waals surface area contributed by atoms with Gasteiger partial charge in [0.25, 0.3) is 5.89 Å². The van der Waals surface area contributed by atoms with Gasteiger partial charge in [-0.2, -0.15) is 10.2 Å². The molecule has 0 bridgehead atoms. The van der Waals surface area contributed by atoms with Crippen molar-refractivity contribution in [2.24, 2.45) is 11.8 Å². The van der Waals surface area contributed by atoms with E-state index in [4.69, 9.17) is 8.83 Å². The van der Waals surface area contributed by atoms with E-state index in [2.05, 4.69) is 16.4 Å². The van der Waals surface area contributed by atoms with E-state index in [1.807, 2.05) is 4.90 Å². The Morgan fingerprint density at radius 2 is 2.04 bits per heavy atom. The fourth-order valence-electron chi connectivity index (χ4n) is 4.23. The lowest BCUT2D eigenvalue weighted by molar-refractivity contribution is -0.125. The van der Waals surface area contributed by atoms with Crippen LogP contribution < -0.4 is 10.2 Å². The van der Waals surface area contributed by atoms with Gasteiger partial charge in [0.05, 0.1) is 6.26 Å². The van der Waals surface area contributed by atoms with Crippen molar-refractivity contribution >= 4 is 11.8 Å². The Labute approximate surface area is 164 Å². The third-order valence-electron chi connectivity index (χ3n) is 5.89. The van der Waals surface area contributed by atoms with Crippen LogP contribution in [0.4, 0.5) is 5.88 Å². The molecule has 1 amide bonds. The number of hydrogen-bond acceptors (Lipinski definition) is 6. The van der Waals surface area contributed by atoms with Crippen molar-refractivity contribution < 1.29 is 13.6 Å². The number of oxazole rings is 1. The van der Waals surface area contributed by atoms with E-state index in [-0.39, 0.29) is 17.5 Å². The monoisotopic (exact) mass is 382 g/mol. The third-order valence-corrected chi connectivity index (χ3v) is 5.89. The molecule has 7 heteroatoms. The van der Waals surface area contributed by atoms with Crippen LogP contribution in [0.2, 0.25) is 0 Å². The molecule has 1 saturated carbocycles.